The average Bonchev–Trinajstić information content (AvgIpc) is 3.45. The highest BCUT2D eigenvalue weighted by molar-refractivity contribution is 7.85. The molecular weight excluding hydrogens is 582 g/mol. The van der Waals surface area contributed by atoms with Crippen LogP contribution in [0.25, 0.3) is 16.6 Å². The molecule has 4 aliphatic rings. The van der Waals surface area contributed by atoms with Gasteiger partial charge < -0.3 is 24.0 Å². The van der Waals surface area contributed by atoms with E-state index >= 15 is 0 Å². The van der Waals surface area contributed by atoms with Gasteiger partial charge in [-0.1, -0.05) is 18.2 Å². The molecule has 0 saturated heterocycles. The Morgan fingerprint density at radius 3 is 2.77 bits per heavy atom. The Labute approximate surface area is 256 Å². The first-order valence-corrected chi connectivity index (χ1v) is 16.9. The molecule has 1 aromatic heterocycles. The molecule has 0 bridgehead atoms. The highest BCUT2D eigenvalue weighted by Crippen LogP contribution is 2.55. The van der Waals surface area contributed by atoms with Gasteiger partial charge in [0.25, 0.3) is 5.82 Å². The van der Waals surface area contributed by atoms with E-state index in [0.29, 0.717) is 25.1 Å². The number of hydrogen-bond donors (Lipinski definition) is 1. The molecule has 0 amide bonds. The molecule has 3 unspecified atom stereocenters. The molecule has 0 spiro atoms. The largest absolute Gasteiger partial charge is 0.748 e. The van der Waals surface area contributed by atoms with Crippen LogP contribution in [0, 0.1) is 0 Å². The fourth-order valence-corrected chi connectivity index (χ4v) is 8.44. The summed E-state index contributed by atoms with van der Waals surface area (Å²) in [5.74, 6) is 0.432. The van der Waals surface area contributed by atoms with Crippen LogP contribution in [0.1, 0.15) is 56.8 Å². The highest BCUT2D eigenvalue weighted by atomic mass is 32.2. The van der Waals surface area contributed by atoms with Crippen molar-refractivity contribution >= 4 is 38.4 Å². The molecule has 0 saturated carbocycles. The first-order chi connectivity index (χ1) is 21.1. The summed E-state index contributed by atoms with van der Waals surface area (Å²) < 4.78 is 51.3. The summed E-state index contributed by atoms with van der Waals surface area (Å²) in [5, 5.41) is 9.42. The number of carboxylic acids is 1. The molecule has 4 aliphatic heterocycles. The van der Waals surface area contributed by atoms with E-state index in [1.54, 1.807) is 7.11 Å². The summed E-state index contributed by atoms with van der Waals surface area (Å²) in [6, 6.07) is 14.4. The number of hydrogen-bond acceptors (Lipinski definition) is 7. The van der Waals surface area contributed by atoms with Gasteiger partial charge in [0.2, 0.25) is 0 Å². The molecule has 10 nitrogen and oxygen atoms in total. The summed E-state index contributed by atoms with van der Waals surface area (Å²) in [4.78, 5) is 13.9. The number of carboxylic acid groups (broad SMARTS) is 1. The molecule has 5 heterocycles. The number of anilines is 1. The van der Waals surface area contributed by atoms with Gasteiger partial charge in [-0.05, 0) is 62.4 Å². The number of ether oxygens (including phenoxy) is 2. The fraction of sp³-hybridized carbons (Fsp3) is 0.455. The quantitative estimate of drug-likeness (QED) is 0.280. The predicted octanol–water partition coefficient (Wildman–Crippen LogP) is 4.12. The van der Waals surface area contributed by atoms with Crippen LogP contribution in [0.5, 0.6) is 5.75 Å². The second-order valence-electron chi connectivity index (χ2n) is 12.4. The molecule has 0 aliphatic carbocycles. The second kappa shape index (κ2) is 10.7. The number of allylic oxidation sites excluding steroid dienone is 1. The van der Waals surface area contributed by atoms with E-state index in [0.717, 1.165) is 53.9 Å². The molecule has 0 radical (unpaired) electrons. The average molecular weight is 620 g/mol. The van der Waals surface area contributed by atoms with E-state index < -0.39 is 21.8 Å². The minimum Gasteiger partial charge on any atom is -0.748 e. The minimum absolute atomic E-state index is 0.0711. The van der Waals surface area contributed by atoms with Crippen molar-refractivity contribution in [2.45, 2.75) is 76.2 Å². The van der Waals surface area contributed by atoms with Crippen LogP contribution in [-0.4, -0.2) is 60.2 Å². The van der Waals surface area contributed by atoms with Gasteiger partial charge in [-0.25, -0.2) is 17.6 Å². The van der Waals surface area contributed by atoms with Crippen LogP contribution in [-0.2, 0) is 38.2 Å². The highest BCUT2D eigenvalue weighted by Gasteiger charge is 2.50. The van der Waals surface area contributed by atoms with Gasteiger partial charge in [0.05, 0.1) is 48.1 Å². The summed E-state index contributed by atoms with van der Waals surface area (Å²) in [6.45, 7) is 4.17. The zero-order valence-electron chi connectivity index (χ0n) is 25.0. The van der Waals surface area contributed by atoms with E-state index in [2.05, 4.69) is 51.3 Å². The molecule has 1 N–H and O–H groups in total. The molecule has 232 valence electrons. The zero-order chi connectivity index (χ0) is 30.8. The van der Waals surface area contributed by atoms with Crippen molar-refractivity contribution in [1.82, 2.24) is 4.57 Å². The number of aromatic nitrogens is 2. The summed E-state index contributed by atoms with van der Waals surface area (Å²) in [6.07, 6.45) is 5.34. The first kappa shape index (κ1) is 29.1. The number of rotatable bonds is 9. The molecule has 44 heavy (non-hydrogen) atoms. The van der Waals surface area contributed by atoms with Crippen LogP contribution in [0.4, 0.5) is 5.69 Å². The molecule has 3 atom stereocenters. The number of carbonyl (C=O) groups is 1. The van der Waals surface area contributed by atoms with Crippen molar-refractivity contribution in [2.24, 2.45) is 0 Å². The van der Waals surface area contributed by atoms with Crippen molar-refractivity contribution in [3.8, 4) is 5.75 Å². The van der Waals surface area contributed by atoms with Gasteiger partial charge >= 0.3 is 5.97 Å². The topological polar surface area (TPSA) is 125 Å². The predicted molar refractivity (Wildman–Crippen MR) is 163 cm³/mol. The maximum atomic E-state index is 11.5. The summed E-state index contributed by atoms with van der Waals surface area (Å²) in [7, 11) is -2.73. The maximum Gasteiger partial charge on any atom is 0.303 e. The van der Waals surface area contributed by atoms with E-state index in [9.17, 15) is 22.9 Å². The van der Waals surface area contributed by atoms with Crippen LogP contribution >= 0.6 is 0 Å². The Balaban J connectivity index is 1.41. The number of nitrogens with zero attached hydrogens (tertiary/aromatic N) is 3. The first-order valence-electron chi connectivity index (χ1n) is 15.3. The third kappa shape index (κ3) is 4.72. The lowest BCUT2D eigenvalue weighted by Crippen LogP contribution is -2.49. The third-order valence-electron chi connectivity index (χ3n) is 9.80. The van der Waals surface area contributed by atoms with Crippen LogP contribution in [0.2, 0.25) is 0 Å². The lowest BCUT2D eigenvalue weighted by atomic mass is 9.74. The molecule has 3 aromatic rings. The number of para-hydroxylation sites is 1. The molecule has 0 fully saturated rings. The Hall–Kier alpha value is -3.67. The van der Waals surface area contributed by atoms with Crippen molar-refractivity contribution in [3.63, 3.8) is 0 Å². The fourth-order valence-electron chi connectivity index (χ4n) is 7.95. The smallest absolute Gasteiger partial charge is 0.303 e. The van der Waals surface area contributed by atoms with Crippen molar-refractivity contribution in [1.29, 1.82) is 0 Å². The van der Waals surface area contributed by atoms with Gasteiger partial charge in [0.15, 0.2) is 11.0 Å². The molecule has 7 rings (SSSR count). The Bertz CT molecular complexity index is 1840. The van der Waals surface area contributed by atoms with Crippen molar-refractivity contribution in [2.75, 3.05) is 24.3 Å². The van der Waals surface area contributed by atoms with Crippen LogP contribution in [0.15, 0.2) is 59.8 Å². The Morgan fingerprint density at radius 1 is 1.18 bits per heavy atom. The normalized spacial score (nSPS) is 23.9. The zero-order valence-corrected chi connectivity index (χ0v) is 25.8. The van der Waals surface area contributed by atoms with Gasteiger partial charge in [-0.2, -0.15) is 0 Å². The van der Waals surface area contributed by atoms with Crippen molar-refractivity contribution < 1.29 is 36.9 Å². The second-order valence-corrected chi connectivity index (χ2v) is 14.0. The number of aliphatic carboxylic acids is 1. The van der Waals surface area contributed by atoms with Crippen LogP contribution in [0.3, 0.4) is 0 Å². The monoisotopic (exact) mass is 619 g/mol. The lowest BCUT2D eigenvalue weighted by molar-refractivity contribution is -0.679. The van der Waals surface area contributed by atoms with Crippen LogP contribution < -0.4 is 14.2 Å². The number of methoxy groups -OCH3 is 1. The molecule has 2 aromatic carbocycles. The summed E-state index contributed by atoms with van der Waals surface area (Å²) in [5.41, 5.74) is 7.30. The molecular formula is C33H37N3O7S. The van der Waals surface area contributed by atoms with E-state index in [1.807, 2.05) is 18.2 Å². The minimum atomic E-state index is -4.35. The van der Waals surface area contributed by atoms with Crippen molar-refractivity contribution in [3.05, 3.63) is 71.2 Å². The maximum absolute atomic E-state index is 11.5. The van der Waals surface area contributed by atoms with Gasteiger partial charge in [0, 0.05) is 53.6 Å². The Kier molecular flexibility index (Phi) is 7.10. The number of imidazole rings is 1. The SMILES string of the molecule is COc1ccc2c(c1)n(CCCS(=O)(=O)[O-])c1[n+]2CCC2OC3CCN4C(=C3C=C12)C(C)(CCCC(=O)O)c1ccccc14. The van der Waals surface area contributed by atoms with E-state index in [-0.39, 0.29) is 30.5 Å². The van der Waals surface area contributed by atoms with E-state index in [4.69, 9.17) is 9.47 Å². The number of aryl methyl sites for hydroxylation is 2. The standard InChI is InChI=1S/C33H37N3O7S/c1-33(14-5-9-30(37)38)24-7-3-4-8-25(24)34-16-12-28-22(31(33)34)20-23-29(43-28)13-17-36-26-11-10-21(42-2)19-27(26)35(32(23)36)15-6-18-44(39,40)41/h3-4,7-8,10-11,19-20,28-29H,5-6,9,12-18H2,1-2H3,(H-,37,38,39,40,41). The molecule has 11 heteroatoms. The van der Waals surface area contributed by atoms with Gasteiger partial charge in [-0.15, -0.1) is 0 Å². The Morgan fingerprint density at radius 2 is 2.00 bits per heavy atom. The lowest BCUT2D eigenvalue weighted by Gasteiger charge is -2.42. The number of fused-ring (bicyclic) bond motifs is 9. The third-order valence-corrected chi connectivity index (χ3v) is 10.6. The number of benzene rings is 2. The van der Waals surface area contributed by atoms with E-state index in [1.165, 1.54) is 16.9 Å². The van der Waals surface area contributed by atoms with Gasteiger partial charge in [-0.3, -0.25) is 4.79 Å². The van der Waals surface area contributed by atoms with Gasteiger partial charge in [0.1, 0.15) is 5.75 Å². The summed E-state index contributed by atoms with van der Waals surface area (Å²) >= 11 is 0.